The van der Waals surface area contributed by atoms with E-state index in [1.54, 1.807) is 36.9 Å². The third-order valence-electron chi connectivity index (χ3n) is 5.38. The highest BCUT2D eigenvalue weighted by Gasteiger charge is 2.24. The molecule has 0 spiro atoms. The molecular weight excluding hydrogens is 424 g/mol. The quantitative estimate of drug-likeness (QED) is 0.337. The zero-order valence-corrected chi connectivity index (χ0v) is 19.8. The second-order valence-electron chi connectivity index (χ2n) is 7.37. The molecule has 0 radical (unpaired) electrons. The number of thiazole rings is 1. The maximum absolute atomic E-state index is 11.8. The summed E-state index contributed by atoms with van der Waals surface area (Å²) in [6.07, 6.45) is 6.35. The van der Waals surface area contributed by atoms with Crippen molar-refractivity contribution in [2.75, 3.05) is 11.4 Å². The van der Waals surface area contributed by atoms with Crippen molar-refractivity contribution < 1.29 is 14.2 Å². The van der Waals surface area contributed by atoms with E-state index < -0.39 is 0 Å². The number of rotatable bonds is 6. The Morgan fingerprint density at radius 2 is 1.74 bits per heavy atom. The molecule has 0 saturated heterocycles. The first-order valence-electron chi connectivity index (χ1n) is 10.4. The number of hydrogen-bond donors (Lipinski definition) is 0. The number of aryl methyl sites for hydroxylation is 1. The van der Waals surface area contributed by atoms with Crippen molar-refractivity contribution in [3.05, 3.63) is 69.7 Å². The molecule has 2 heterocycles. The number of anilines is 1. The third-order valence-corrected chi connectivity index (χ3v) is 7.65. The highest BCUT2D eigenvalue weighted by atomic mass is 32.2. The van der Waals surface area contributed by atoms with Gasteiger partial charge in [-0.05, 0) is 58.0 Å². The van der Waals surface area contributed by atoms with Crippen LogP contribution in [0.15, 0.2) is 58.5 Å². The van der Waals surface area contributed by atoms with Crippen LogP contribution in [0, 0.1) is 0 Å². The van der Waals surface area contributed by atoms with Gasteiger partial charge in [0.25, 0.3) is 5.01 Å². The summed E-state index contributed by atoms with van der Waals surface area (Å²) in [6.45, 7) is 9.13. The number of benzene rings is 2. The summed E-state index contributed by atoms with van der Waals surface area (Å²) in [7, 11) is 0. The van der Waals surface area contributed by atoms with E-state index in [4.69, 9.17) is 0 Å². The average molecular weight is 450 g/mol. The smallest absolute Gasteiger partial charge is 0.262 e. The molecule has 0 atom stereocenters. The Hall–Kier alpha value is -2.70. The van der Waals surface area contributed by atoms with Crippen LogP contribution in [0.25, 0.3) is 16.3 Å². The van der Waals surface area contributed by atoms with Crippen LogP contribution in [0.1, 0.15) is 53.4 Å². The Labute approximate surface area is 190 Å². The van der Waals surface area contributed by atoms with E-state index in [-0.39, 0.29) is 11.6 Å². The molecule has 0 aliphatic carbocycles. The molecule has 2 aromatic carbocycles. The number of nitrogens with zero attached hydrogens (tertiary/aromatic N) is 2. The van der Waals surface area contributed by atoms with Crippen molar-refractivity contribution in [2.24, 2.45) is 0 Å². The van der Waals surface area contributed by atoms with Gasteiger partial charge in [0.15, 0.2) is 11.6 Å². The standard InChI is InChI=1S/C25H25N2O2S2/c1-5-26-20-14-18(16(3)28)10-12-22(20)30-24(26)8-7-9-25-27(6-2)21-15-19(17(4)29)11-13-23(21)31-25/h7-15H,5-6H2,1-4H3/q+1. The molecule has 0 fully saturated rings. The molecule has 1 aliphatic rings. The maximum atomic E-state index is 11.8. The lowest BCUT2D eigenvalue weighted by Crippen LogP contribution is -2.33. The lowest BCUT2D eigenvalue weighted by atomic mass is 10.1. The van der Waals surface area contributed by atoms with Crippen molar-refractivity contribution in [2.45, 2.75) is 39.1 Å². The van der Waals surface area contributed by atoms with E-state index in [1.165, 1.54) is 9.60 Å². The molecule has 31 heavy (non-hydrogen) atoms. The average Bonchev–Trinajstić information content (AvgIpc) is 3.29. The van der Waals surface area contributed by atoms with Gasteiger partial charge in [-0.15, -0.1) is 0 Å². The SMILES string of the molecule is CCN1C(=CC=Cc2sc3ccc(C(C)=O)cc3[n+]2CC)Sc2ccc(C(C)=O)cc21. The van der Waals surface area contributed by atoms with Crippen molar-refractivity contribution in [3.8, 4) is 0 Å². The number of Topliss-reactive ketones (excluding diaryl/α,β-unsaturated/α-hetero) is 2. The molecular formula is C25H25N2O2S2+. The predicted octanol–water partition coefficient (Wildman–Crippen LogP) is 6.10. The number of carbonyl (C=O) groups is 2. The minimum atomic E-state index is 0.0861. The van der Waals surface area contributed by atoms with Crippen LogP contribution >= 0.6 is 23.1 Å². The Bertz CT molecular complexity index is 1250. The van der Waals surface area contributed by atoms with Crippen LogP contribution in [0.3, 0.4) is 0 Å². The predicted molar refractivity (Wildman–Crippen MR) is 130 cm³/mol. The fourth-order valence-corrected chi connectivity index (χ4v) is 5.99. The maximum Gasteiger partial charge on any atom is 0.262 e. The first-order valence-corrected chi connectivity index (χ1v) is 12.0. The monoisotopic (exact) mass is 449 g/mol. The first-order chi connectivity index (χ1) is 14.9. The van der Waals surface area contributed by atoms with Gasteiger partial charge in [-0.3, -0.25) is 9.59 Å². The van der Waals surface area contributed by atoms with Crippen molar-refractivity contribution in [1.82, 2.24) is 0 Å². The van der Waals surface area contributed by atoms with Crippen LogP contribution in [0.4, 0.5) is 5.69 Å². The molecule has 0 unspecified atom stereocenters. The van der Waals surface area contributed by atoms with Crippen LogP contribution in [0.5, 0.6) is 0 Å². The first kappa shape index (κ1) is 21.5. The number of carbonyl (C=O) groups excluding carboxylic acids is 2. The van der Waals surface area contributed by atoms with Crippen LogP contribution in [-0.4, -0.2) is 18.1 Å². The van der Waals surface area contributed by atoms with E-state index in [2.05, 4.69) is 41.5 Å². The second-order valence-corrected chi connectivity index (χ2v) is 9.50. The zero-order chi connectivity index (χ0) is 22.1. The fourth-order valence-electron chi connectivity index (χ4n) is 3.75. The van der Waals surface area contributed by atoms with Crippen LogP contribution in [-0.2, 0) is 6.54 Å². The number of fused-ring (bicyclic) bond motifs is 2. The van der Waals surface area contributed by atoms with Crippen molar-refractivity contribution in [3.63, 3.8) is 0 Å². The van der Waals surface area contributed by atoms with E-state index in [1.807, 2.05) is 36.4 Å². The van der Waals surface area contributed by atoms with Gasteiger partial charge >= 0.3 is 0 Å². The van der Waals surface area contributed by atoms with Crippen molar-refractivity contribution in [1.29, 1.82) is 0 Å². The lowest BCUT2D eigenvalue weighted by Gasteiger charge is -2.18. The van der Waals surface area contributed by atoms with Gasteiger partial charge in [-0.25, -0.2) is 0 Å². The van der Waals surface area contributed by atoms with Gasteiger partial charge in [0, 0.05) is 34.7 Å². The number of ketones is 2. The zero-order valence-electron chi connectivity index (χ0n) is 18.1. The summed E-state index contributed by atoms with van der Waals surface area (Å²) in [5.74, 6) is 0.172. The van der Waals surface area contributed by atoms with Gasteiger partial charge < -0.3 is 4.90 Å². The fraction of sp³-hybridized carbons (Fsp3) is 0.240. The Morgan fingerprint density at radius 1 is 1.03 bits per heavy atom. The molecule has 1 aliphatic heterocycles. The summed E-state index contributed by atoms with van der Waals surface area (Å²) in [4.78, 5) is 27.0. The molecule has 0 saturated carbocycles. The molecule has 4 nitrogen and oxygen atoms in total. The van der Waals surface area contributed by atoms with Gasteiger partial charge in [-0.2, -0.15) is 4.57 Å². The van der Waals surface area contributed by atoms with E-state index in [0.29, 0.717) is 0 Å². The topological polar surface area (TPSA) is 41.3 Å². The van der Waals surface area contributed by atoms with E-state index >= 15 is 0 Å². The van der Waals surface area contributed by atoms with Gasteiger partial charge in [0.2, 0.25) is 5.52 Å². The molecule has 4 rings (SSSR count). The second kappa shape index (κ2) is 8.81. The van der Waals surface area contributed by atoms with E-state index in [0.717, 1.165) is 45.5 Å². The summed E-state index contributed by atoms with van der Waals surface area (Å²) >= 11 is 3.46. The Balaban J connectivity index is 1.65. The van der Waals surface area contributed by atoms with Crippen LogP contribution in [0.2, 0.25) is 0 Å². The number of aromatic nitrogens is 1. The third kappa shape index (κ3) is 4.10. The largest absolute Gasteiger partial charge is 0.335 e. The minimum absolute atomic E-state index is 0.0861. The Morgan fingerprint density at radius 3 is 2.42 bits per heavy atom. The van der Waals surface area contributed by atoms with Crippen molar-refractivity contribution >= 4 is 56.6 Å². The summed E-state index contributed by atoms with van der Waals surface area (Å²) in [5, 5.41) is 2.30. The molecule has 158 valence electrons. The lowest BCUT2D eigenvalue weighted by molar-refractivity contribution is -0.665. The van der Waals surface area contributed by atoms with Gasteiger partial charge in [0.05, 0.1) is 10.7 Å². The molecule has 0 amide bonds. The van der Waals surface area contributed by atoms with E-state index in [9.17, 15) is 9.59 Å². The Kier molecular flexibility index (Phi) is 6.12. The van der Waals surface area contributed by atoms with Gasteiger partial charge in [0.1, 0.15) is 11.2 Å². The molecule has 0 N–H and O–H groups in total. The normalized spacial score (nSPS) is 14.7. The number of allylic oxidation sites excluding steroid dienone is 2. The molecule has 0 bridgehead atoms. The summed E-state index contributed by atoms with van der Waals surface area (Å²) in [6, 6.07) is 11.8. The highest BCUT2D eigenvalue weighted by molar-refractivity contribution is 8.03. The number of hydrogen-bond acceptors (Lipinski definition) is 5. The summed E-state index contributed by atoms with van der Waals surface area (Å²) in [5.41, 5.74) is 3.69. The molecule has 1 aromatic heterocycles. The summed E-state index contributed by atoms with van der Waals surface area (Å²) < 4.78 is 3.42. The number of thioether (sulfide) groups is 1. The van der Waals surface area contributed by atoms with Gasteiger partial charge in [-0.1, -0.05) is 35.2 Å². The highest BCUT2D eigenvalue weighted by Crippen LogP contribution is 2.46. The minimum Gasteiger partial charge on any atom is -0.335 e. The molecule has 3 aromatic rings. The van der Waals surface area contributed by atoms with Crippen LogP contribution < -0.4 is 9.47 Å². The molecule has 6 heteroatoms.